The number of hydrogen-bond donors (Lipinski definition) is 0. The molecule has 0 fully saturated rings. The molecule has 0 spiro atoms. The summed E-state index contributed by atoms with van der Waals surface area (Å²) in [4.78, 5) is 15.4. The minimum Gasteiger partial charge on any atom is -0.280 e. The predicted octanol–water partition coefficient (Wildman–Crippen LogP) is 5.48. The summed E-state index contributed by atoms with van der Waals surface area (Å²) in [5.41, 5.74) is 5.12. The molecule has 7 heteroatoms. The highest BCUT2D eigenvalue weighted by molar-refractivity contribution is 7.99. The van der Waals surface area contributed by atoms with Crippen molar-refractivity contribution in [3.8, 4) is 5.69 Å². The summed E-state index contributed by atoms with van der Waals surface area (Å²) in [6.07, 6.45) is 3.45. The Morgan fingerprint density at radius 3 is 2.29 bits per heavy atom. The highest BCUT2D eigenvalue weighted by Gasteiger charge is 2.26. The molecule has 3 aromatic carbocycles. The van der Waals surface area contributed by atoms with Crippen molar-refractivity contribution in [2.45, 2.75) is 18.0 Å². The van der Waals surface area contributed by atoms with Crippen LogP contribution in [0.4, 0.5) is 11.4 Å². The minimum atomic E-state index is 0.00689. The highest BCUT2D eigenvalue weighted by Crippen LogP contribution is 2.36. The Morgan fingerprint density at radius 1 is 0.935 bits per heavy atom. The van der Waals surface area contributed by atoms with Crippen LogP contribution >= 0.6 is 23.4 Å². The maximum atomic E-state index is 13.5. The molecule has 154 valence electrons. The van der Waals surface area contributed by atoms with E-state index in [0.29, 0.717) is 10.2 Å². The van der Waals surface area contributed by atoms with Gasteiger partial charge in [0.2, 0.25) is 5.91 Å². The number of para-hydroxylation sites is 2. The quantitative estimate of drug-likeness (QED) is 0.390. The van der Waals surface area contributed by atoms with E-state index in [1.54, 1.807) is 6.33 Å². The van der Waals surface area contributed by atoms with Crippen molar-refractivity contribution < 1.29 is 4.79 Å². The van der Waals surface area contributed by atoms with Crippen LogP contribution in [0.25, 0.3) is 5.69 Å². The van der Waals surface area contributed by atoms with E-state index >= 15 is 0 Å². The smallest absolute Gasteiger partial charge is 0.242 e. The third kappa shape index (κ3) is 3.96. The number of thioether (sulfide) groups is 1. The number of benzene rings is 3. The van der Waals surface area contributed by atoms with Gasteiger partial charge in [0.15, 0.2) is 5.16 Å². The predicted molar refractivity (Wildman–Crippen MR) is 125 cm³/mol. The fourth-order valence-electron chi connectivity index (χ4n) is 3.87. The summed E-state index contributed by atoms with van der Waals surface area (Å²) in [5, 5.41) is 9.52. The fraction of sp³-hybridized carbons (Fsp3) is 0.125. The molecule has 0 bridgehead atoms. The summed E-state index contributed by atoms with van der Waals surface area (Å²) < 4.78 is 1.84. The summed E-state index contributed by atoms with van der Waals surface area (Å²) >= 11 is 7.50. The Hall–Kier alpha value is -3.09. The molecule has 31 heavy (non-hydrogen) atoms. The van der Waals surface area contributed by atoms with E-state index < -0.39 is 0 Å². The van der Waals surface area contributed by atoms with E-state index in [2.05, 4.69) is 22.3 Å². The zero-order valence-corrected chi connectivity index (χ0v) is 18.2. The number of aromatic nitrogens is 3. The largest absolute Gasteiger partial charge is 0.280 e. The van der Waals surface area contributed by atoms with Gasteiger partial charge in [-0.05, 0) is 54.3 Å². The van der Waals surface area contributed by atoms with E-state index in [1.807, 2.05) is 70.1 Å². The molecule has 0 N–H and O–H groups in total. The van der Waals surface area contributed by atoms with Crippen molar-refractivity contribution in [2.24, 2.45) is 0 Å². The van der Waals surface area contributed by atoms with Gasteiger partial charge in [0.1, 0.15) is 6.33 Å². The fourth-order valence-corrected chi connectivity index (χ4v) is 4.83. The lowest BCUT2D eigenvalue weighted by Crippen LogP contribution is -2.28. The molecule has 2 heterocycles. The standard InChI is InChI=1S/C24H19ClN4OS/c25-19-8-5-9-20(14-19)28-16-26-27-24(28)31-15-23(30)29-21-10-3-1-6-17(21)12-13-18-7-2-4-11-22(18)29/h1-11,14,16H,12-13,15H2. The molecule has 5 nitrogen and oxygen atoms in total. The van der Waals surface area contributed by atoms with Gasteiger partial charge in [-0.3, -0.25) is 14.3 Å². The molecule has 0 saturated carbocycles. The van der Waals surface area contributed by atoms with Gasteiger partial charge in [0, 0.05) is 5.02 Å². The lowest BCUT2D eigenvalue weighted by atomic mass is 10.0. The number of amides is 1. The summed E-state index contributed by atoms with van der Waals surface area (Å²) in [6.45, 7) is 0. The molecule has 0 radical (unpaired) electrons. The topological polar surface area (TPSA) is 51.0 Å². The number of fused-ring (bicyclic) bond motifs is 2. The number of anilines is 2. The molecule has 5 rings (SSSR count). The molecule has 0 atom stereocenters. The van der Waals surface area contributed by atoms with Gasteiger partial charge in [0.05, 0.1) is 22.8 Å². The Labute approximate surface area is 189 Å². The molecular weight excluding hydrogens is 428 g/mol. The van der Waals surface area contributed by atoms with Crippen LogP contribution in [0.1, 0.15) is 11.1 Å². The van der Waals surface area contributed by atoms with Crippen LogP contribution in [-0.2, 0) is 17.6 Å². The summed E-state index contributed by atoms with van der Waals surface area (Å²) in [7, 11) is 0. The lowest BCUT2D eigenvalue weighted by molar-refractivity contribution is -0.115. The summed E-state index contributed by atoms with van der Waals surface area (Å²) in [5.74, 6) is 0.245. The average molecular weight is 447 g/mol. The second-order valence-corrected chi connectivity index (χ2v) is 8.62. The molecule has 0 saturated heterocycles. The van der Waals surface area contributed by atoms with Gasteiger partial charge in [-0.25, -0.2) is 0 Å². The molecular formula is C24H19ClN4OS. The van der Waals surface area contributed by atoms with E-state index in [-0.39, 0.29) is 11.7 Å². The minimum absolute atomic E-state index is 0.00689. The number of nitrogens with zero attached hydrogens (tertiary/aromatic N) is 4. The van der Waals surface area contributed by atoms with Gasteiger partial charge in [-0.15, -0.1) is 10.2 Å². The van der Waals surface area contributed by atoms with Crippen molar-refractivity contribution in [1.82, 2.24) is 14.8 Å². The van der Waals surface area contributed by atoms with Crippen LogP contribution in [0.3, 0.4) is 0 Å². The van der Waals surface area contributed by atoms with Crippen LogP contribution in [0.15, 0.2) is 84.3 Å². The second-order valence-electron chi connectivity index (χ2n) is 7.24. The first-order valence-electron chi connectivity index (χ1n) is 9.98. The zero-order valence-electron chi connectivity index (χ0n) is 16.6. The number of hydrogen-bond acceptors (Lipinski definition) is 4. The summed E-state index contributed by atoms with van der Waals surface area (Å²) in [6, 6.07) is 23.7. The lowest BCUT2D eigenvalue weighted by Gasteiger charge is -2.24. The monoisotopic (exact) mass is 446 g/mol. The first-order chi connectivity index (χ1) is 15.2. The zero-order chi connectivity index (χ0) is 21.2. The van der Waals surface area contributed by atoms with Crippen LogP contribution in [0, 0.1) is 0 Å². The van der Waals surface area contributed by atoms with Crippen LogP contribution in [-0.4, -0.2) is 26.4 Å². The first kappa shape index (κ1) is 19.8. The molecule has 0 aliphatic carbocycles. The van der Waals surface area contributed by atoms with E-state index in [1.165, 1.54) is 22.9 Å². The molecule has 1 aliphatic heterocycles. The SMILES string of the molecule is O=C(CSc1nncn1-c1cccc(Cl)c1)N1c2ccccc2CCc2ccccc21. The number of aryl methyl sites for hydroxylation is 2. The van der Waals surface area contributed by atoms with Gasteiger partial charge >= 0.3 is 0 Å². The molecule has 0 unspecified atom stereocenters. The van der Waals surface area contributed by atoms with Gasteiger partial charge in [0.25, 0.3) is 0 Å². The Bertz CT molecular complexity index is 1210. The van der Waals surface area contributed by atoms with Crippen LogP contribution in [0.5, 0.6) is 0 Å². The molecule has 4 aromatic rings. The van der Waals surface area contributed by atoms with Gasteiger partial charge in [-0.2, -0.15) is 0 Å². The van der Waals surface area contributed by atoms with E-state index in [9.17, 15) is 4.79 Å². The number of halogens is 1. The number of rotatable bonds is 4. The van der Waals surface area contributed by atoms with Crippen molar-refractivity contribution in [3.05, 3.63) is 95.3 Å². The average Bonchev–Trinajstić information content (AvgIpc) is 3.20. The third-order valence-electron chi connectivity index (χ3n) is 5.31. The van der Waals surface area contributed by atoms with Crippen molar-refractivity contribution in [1.29, 1.82) is 0 Å². The Morgan fingerprint density at radius 2 is 1.61 bits per heavy atom. The van der Waals surface area contributed by atoms with Gasteiger partial charge in [-0.1, -0.05) is 65.8 Å². The van der Waals surface area contributed by atoms with Crippen LogP contribution < -0.4 is 4.90 Å². The first-order valence-corrected chi connectivity index (χ1v) is 11.3. The Balaban J connectivity index is 1.44. The normalized spacial score (nSPS) is 12.7. The van der Waals surface area contributed by atoms with Crippen LogP contribution in [0.2, 0.25) is 5.02 Å². The second kappa shape index (κ2) is 8.57. The van der Waals surface area contributed by atoms with Crippen molar-refractivity contribution in [3.63, 3.8) is 0 Å². The Kier molecular flexibility index (Phi) is 5.49. The van der Waals surface area contributed by atoms with E-state index in [0.717, 1.165) is 29.9 Å². The third-order valence-corrected chi connectivity index (χ3v) is 6.47. The van der Waals surface area contributed by atoms with E-state index in [4.69, 9.17) is 11.6 Å². The van der Waals surface area contributed by atoms with Crippen molar-refractivity contribution >= 4 is 40.6 Å². The van der Waals surface area contributed by atoms with Crippen molar-refractivity contribution in [2.75, 3.05) is 10.7 Å². The molecule has 1 aromatic heterocycles. The number of carbonyl (C=O) groups is 1. The maximum Gasteiger partial charge on any atom is 0.242 e. The number of carbonyl (C=O) groups excluding carboxylic acids is 1. The molecule has 1 amide bonds. The van der Waals surface area contributed by atoms with Gasteiger partial charge < -0.3 is 0 Å². The maximum absolute atomic E-state index is 13.5. The molecule has 1 aliphatic rings. The highest BCUT2D eigenvalue weighted by atomic mass is 35.5.